The van der Waals surface area contributed by atoms with E-state index in [9.17, 15) is 52.8 Å². The van der Waals surface area contributed by atoms with E-state index in [1.807, 2.05) is 0 Å². The lowest BCUT2D eigenvalue weighted by Gasteiger charge is -2.55. The summed E-state index contributed by atoms with van der Waals surface area (Å²) in [5.41, 5.74) is -3.23. The largest absolute Gasteiger partial charge is 0.614 e. The van der Waals surface area contributed by atoms with E-state index < -0.39 is 93.0 Å². The number of rotatable bonds is 13. The molecule has 2 fully saturated rings. The van der Waals surface area contributed by atoms with E-state index in [2.05, 4.69) is 31.5 Å². The first-order valence-corrected chi connectivity index (χ1v) is 18.4. The summed E-state index contributed by atoms with van der Waals surface area (Å²) in [6, 6.07) is 0.117. The van der Waals surface area contributed by atoms with Gasteiger partial charge < -0.3 is 40.0 Å². The molecule has 23 nitrogen and oxygen atoms in total. The molecule has 0 radical (unpaired) electrons. The number of piperazine rings is 1. The molecule has 7 amide bonds. The summed E-state index contributed by atoms with van der Waals surface area (Å²) >= 11 is -1.17. The van der Waals surface area contributed by atoms with Crippen LogP contribution in [0, 0.1) is 0 Å². The zero-order valence-corrected chi connectivity index (χ0v) is 30.9. The molecule has 55 heavy (non-hydrogen) atoms. The number of carbonyl (C=O) groups is 9. The number of carbonyl (C=O) groups excluding carboxylic acids is 8. The number of aromatic nitrogens is 4. The summed E-state index contributed by atoms with van der Waals surface area (Å²) in [5.74, 6) is -9.16. The maximum absolute atomic E-state index is 14.3. The predicted octanol–water partition coefficient (Wildman–Crippen LogP) is -2.88. The van der Waals surface area contributed by atoms with Crippen molar-refractivity contribution >= 4 is 76.9 Å². The van der Waals surface area contributed by atoms with Crippen LogP contribution in [0.4, 0.5) is 4.79 Å². The van der Waals surface area contributed by atoms with Gasteiger partial charge in [0, 0.05) is 51.9 Å². The molecule has 3 aliphatic rings. The predicted molar refractivity (Wildman–Crippen MR) is 182 cm³/mol. The van der Waals surface area contributed by atoms with E-state index in [-0.39, 0.29) is 53.8 Å². The maximum Gasteiger partial charge on any atom is 0.352 e. The van der Waals surface area contributed by atoms with E-state index in [1.165, 1.54) is 16.6 Å². The molecule has 2 saturated heterocycles. The molecule has 3 aliphatic heterocycles. The zero-order valence-electron chi connectivity index (χ0n) is 29.3. The fraction of sp³-hybridized carbons (Fsp3) is 0.400. The van der Waals surface area contributed by atoms with Gasteiger partial charge in [-0.1, -0.05) is 17.8 Å². The highest BCUT2D eigenvalue weighted by molar-refractivity contribution is 7.99. The number of nitrogens with one attached hydrogen (secondary N) is 3. The van der Waals surface area contributed by atoms with Crippen molar-refractivity contribution < 1.29 is 62.3 Å². The van der Waals surface area contributed by atoms with E-state index >= 15 is 0 Å². The monoisotopic (exact) mass is 804 g/mol. The highest BCUT2D eigenvalue weighted by Crippen LogP contribution is 2.43. The molecular weight excluding hydrogens is 773 g/mol. The number of imide groups is 1. The number of tetrazole rings is 1. The number of urea groups is 1. The molecule has 4 atom stereocenters. The molecule has 2 aromatic rings. The summed E-state index contributed by atoms with van der Waals surface area (Å²) < 4.78 is 25.3. The Morgan fingerprint density at radius 1 is 1.11 bits per heavy atom. The van der Waals surface area contributed by atoms with Crippen LogP contribution in [0.3, 0.4) is 0 Å². The average Bonchev–Trinajstić information content (AvgIpc) is 3.54. The number of β-lactam (4-membered cyclic amide) rings is 1. The molecule has 25 heteroatoms. The molecule has 0 spiro atoms. The van der Waals surface area contributed by atoms with Gasteiger partial charge in [-0.05, 0) is 46.2 Å². The molecule has 5 rings (SSSR count). The SMILES string of the molecule is CCN1CCN(C(=O)NC(C(=O)N[C@]2(NC=O)C(=O)N3C(C(=O)O)=C(CSc4nnnn4C)C[S+]([O-])[C@H]32)c2ccc(OC(C)=O)c(OC(C)=O)c2)C(=O)C1=O. The first-order valence-electron chi connectivity index (χ1n) is 16.0. The third kappa shape index (κ3) is 7.79. The summed E-state index contributed by atoms with van der Waals surface area (Å²) in [6.45, 7) is 3.59. The number of fused-ring (bicyclic) bond motifs is 1. The number of nitrogens with zero attached hydrogens (tertiary/aromatic N) is 7. The third-order valence-electron chi connectivity index (χ3n) is 8.34. The summed E-state index contributed by atoms with van der Waals surface area (Å²) in [7, 11) is 1.54. The van der Waals surface area contributed by atoms with Gasteiger partial charge in [-0.25, -0.2) is 14.3 Å². The molecule has 0 bridgehead atoms. The first kappa shape index (κ1) is 40.1. The minimum Gasteiger partial charge on any atom is -0.614 e. The van der Waals surface area contributed by atoms with Crippen LogP contribution in [-0.4, -0.2) is 141 Å². The Morgan fingerprint density at radius 3 is 2.40 bits per heavy atom. The lowest BCUT2D eigenvalue weighted by atomic mass is 9.94. The Labute approximate surface area is 317 Å². The minimum absolute atomic E-state index is 0.0150. The van der Waals surface area contributed by atoms with Crippen molar-refractivity contribution in [2.75, 3.05) is 31.1 Å². The van der Waals surface area contributed by atoms with Gasteiger partial charge in [0.05, 0.1) is 0 Å². The van der Waals surface area contributed by atoms with Gasteiger partial charge in [0.1, 0.15) is 17.5 Å². The number of benzene rings is 1. The highest BCUT2D eigenvalue weighted by atomic mass is 32.2. The Kier molecular flexibility index (Phi) is 11.8. The number of thioether (sulfide) groups is 1. The summed E-state index contributed by atoms with van der Waals surface area (Å²) in [5, 5.41) is 26.5. The van der Waals surface area contributed by atoms with Crippen LogP contribution in [0.15, 0.2) is 34.6 Å². The van der Waals surface area contributed by atoms with Crippen molar-refractivity contribution in [1.29, 1.82) is 0 Å². The Morgan fingerprint density at radius 2 is 1.80 bits per heavy atom. The van der Waals surface area contributed by atoms with Gasteiger partial charge in [-0.2, -0.15) is 0 Å². The van der Waals surface area contributed by atoms with Gasteiger partial charge in [-0.3, -0.25) is 43.4 Å². The van der Waals surface area contributed by atoms with Crippen molar-refractivity contribution in [3.8, 4) is 11.5 Å². The minimum atomic E-state index is -2.53. The van der Waals surface area contributed by atoms with Crippen LogP contribution in [0.1, 0.15) is 32.4 Å². The molecule has 0 saturated carbocycles. The third-order valence-corrected chi connectivity index (χ3v) is 11.1. The lowest BCUT2D eigenvalue weighted by molar-refractivity contribution is -0.163. The van der Waals surface area contributed by atoms with E-state index in [4.69, 9.17) is 9.47 Å². The van der Waals surface area contributed by atoms with Gasteiger partial charge >= 0.3 is 35.8 Å². The van der Waals surface area contributed by atoms with Crippen LogP contribution in [0.2, 0.25) is 0 Å². The fourth-order valence-electron chi connectivity index (χ4n) is 5.91. The Bertz CT molecular complexity index is 2020. The van der Waals surface area contributed by atoms with E-state index in [1.54, 1.807) is 6.92 Å². The van der Waals surface area contributed by atoms with Gasteiger partial charge in [0.15, 0.2) is 11.5 Å². The standard InChI is InChI=1S/C30H32N10O13S2/c1-5-38-8-9-39(24(46)23(38)45)28(50)32-20(16-6-7-18(52-14(2)42)19(10-16)53-15(3)43)22(44)33-30(31-13-41)26(49)40-21(25(47)48)17(12-55(51)27(30)40)11-54-29-34-35-36-37(29)4/h6-7,10,13,20,27H,5,8-9,11-12H2,1-4H3,(H,31,41)(H,32,50)(H,33,44)(H,47,48)/t20?,27-,30+,55?/m0/s1. The number of likely N-dealkylation sites (N-methyl/N-ethyl adjacent to an activating group) is 1. The molecular formula is C30H32N10O13S2. The normalized spacial score (nSPS) is 21.3. The Hall–Kier alpha value is -6.08. The fourth-order valence-corrected chi connectivity index (χ4v) is 8.69. The van der Waals surface area contributed by atoms with Crippen LogP contribution in [0.25, 0.3) is 0 Å². The highest BCUT2D eigenvalue weighted by Gasteiger charge is 2.72. The number of amides is 7. The summed E-state index contributed by atoms with van der Waals surface area (Å²) in [4.78, 5) is 118. The van der Waals surface area contributed by atoms with Crippen LogP contribution in [-0.2, 0) is 56.6 Å². The number of carboxylic acids is 1. The van der Waals surface area contributed by atoms with Crippen molar-refractivity contribution in [3.63, 3.8) is 0 Å². The molecule has 1 aromatic carbocycles. The quantitative estimate of drug-likeness (QED) is 0.0231. The number of carboxylic acid groups (broad SMARTS) is 1. The van der Waals surface area contributed by atoms with Crippen LogP contribution < -0.4 is 25.4 Å². The topological polar surface area (TPSA) is 305 Å². The summed E-state index contributed by atoms with van der Waals surface area (Å²) in [6.07, 6.45) is 0.0150. The molecule has 2 unspecified atom stereocenters. The zero-order chi connectivity index (χ0) is 40.4. The van der Waals surface area contributed by atoms with Gasteiger partial charge in [0.25, 0.3) is 11.6 Å². The van der Waals surface area contributed by atoms with Crippen molar-refractivity contribution in [2.45, 2.75) is 43.0 Å². The van der Waals surface area contributed by atoms with Crippen molar-refractivity contribution in [3.05, 3.63) is 35.0 Å². The van der Waals surface area contributed by atoms with Crippen molar-refractivity contribution in [1.82, 2.24) is 50.9 Å². The van der Waals surface area contributed by atoms with Crippen LogP contribution in [0.5, 0.6) is 11.5 Å². The number of aliphatic carboxylic acids is 1. The second kappa shape index (κ2) is 16.1. The van der Waals surface area contributed by atoms with Gasteiger partial charge in [0.2, 0.25) is 22.8 Å². The Balaban J connectivity index is 1.52. The number of hydrogen-bond donors (Lipinski definition) is 4. The average molecular weight is 805 g/mol. The van der Waals surface area contributed by atoms with E-state index in [0.717, 1.165) is 43.8 Å². The van der Waals surface area contributed by atoms with E-state index in [0.29, 0.717) is 9.80 Å². The van der Waals surface area contributed by atoms with Crippen LogP contribution >= 0.6 is 11.8 Å². The van der Waals surface area contributed by atoms with Crippen molar-refractivity contribution in [2.24, 2.45) is 7.05 Å². The second-order valence-corrected chi connectivity index (χ2v) is 14.3. The van der Waals surface area contributed by atoms with Gasteiger partial charge in [-0.15, -0.1) is 5.10 Å². The molecule has 292 valence electrons. The smallest absolute Gasteiger partial charge is 0.352 e. The molecule has 0 aliphatic carbocycles. The number of esters is 2. The number of aryl methyl sites for hydroxylation is 1. The second-order valence-electron chi connectivity index (χ2n) is 11.9. The molecule has 4 N–H and O–H groups in total. The maximum atomic E-state index is 14.3. The molecule has 4 heterocycles. The number of ether oxygens (including phenoxy) is 2. The first-order chi connectivity index (χ1) is 26.0. The molecule has 1 aromatic heterocycles. The lowest BCUT2D eigenvalue weighted by Crippen LogP contribution is -2.88. The number of hydrogen-bond acceptors (Lipinski definition) is 16.